The second-order valence-electron chi connectivity index (χ2n) is 7.67. The fraction of sp³-hybridized carbons (Fsp3) is 0.304. The number of nitrogens with one attached hydrogen (secondary N) is 1. The molecule has 0 aliphatic rings. The first kappa shape index (κ1) is 23.3. The van der Waals surface area contributed by atoms with Crippen LogP contribution < -0.4 is 5.32 Å². The summed E-state index contributed by atoms with van der Waals surface area (Å²) < 4.78 is 7.03. The van der Waals surface area contributed by atoms with Crippen LogP contribution in [0, 0.1) is 0 Å². The zero-order valence-electron chi connectivity index (χ0n) is 17.7. The number of carbonyl (C=O) groups is 1. The van der Waals surface area contributed by atoms with Gasteiger partial charge in [-0.1, -0.05) is 47.5 Å². The number of rotatable bonds is 8. The number of aromatic nitrogens is 2. The normalized spacial score (nSPS) is 11.5. The molecule has 2 N–H and O–H groups in total. The molecule has 2 aromatic carbocycles. The van der Waals surface area contributed by atoms with Crippen molar-refractivity contribution in [2.45, 2.75) is 25.9 Å². The van der Waals surface area contributed by atoms with E-state index in [2.05, 4.69) is 10.4 Å². The van der Waals surface area contributed by atoms with Gasteiger partial charge in [0.25, 0.3) is 5.91 Å². The number of halogens is 2. The number of para-hydroxylation sites is 1. The summed E-state index contributed by atoms with van der Waals surface area (Å²) in [6.45, 7) is 3.92. The van der Waals surface area contributed by atoms with Gasteiger partial charge in [-0.05, 0) is 38.1 Å². The van der Waals surface area contributed by atoms with Crippen molar-refractivity contribution in [2.24, 2.45) is 0 Å². The molecule has 3 aromatic rings. The third kappa shape index (κ3) is 5.28. The van der Waals surface area contributed by atoms with Crippen molar-refractivity contribution in [2.75, 3.05) is 20.3 Å². The molecule has 1 heterocycles. The Kier molecular flexibility index (Phi) is 7.38. The lowest BCUT2D eigenvalue weighted by atomic mass is 10.0. The van der Waals surface area contributed by atoms with Gasteiger partial charge in [0.1, 0.15) is 0 Å². The predicted octanol–water partition coefficient (Wildman–Crippen LogP) is 4.54. The van der Waals surface area contributed by atoms with Crippen LogP contribution in [0.15, 0.2) is 48.5 Å². The largest absolute Gasteiger partial charge is 0.396 e. The molecule has 0 unspecified atom stereocenters. The zero-order chi connectivity index (χ0) is 22.6. The quantitative estimate of drug-likeness (QED) is 0.516. The summed E-state index contributed by atoms with van der Waals surface area (Å²) in [5.41, 5.74) is 2.43. The summed E-state index contributed by atoms with van der Waals surface area (Å²) >= 11 is 12.5. The number of hydrogen-bond acceptors (Lipinski definition) is 4. The monoisotopic (exact) mass is 461 g/mol. The van der Waals surface area contributed by atoms with E-state index in [0.29, 0.717) is 33.5 Å². The van der Waals surface area contributed by atoms with Crippen molar-refractivity contribution in [3.8, 4) is 16.9 Å². The Hall–Kier alpha value is -2.38. The summed E-state index contributed by atoms with van der Waals surface area (Å²) in [5.74, 6) is -0.352. The molecule has 3 rings (SSSR count). The minimum atomic E-state index is -0.531. The molecule has 1 amide bonds. The van der Waals surface area contributed by atoms with Crippen LogP contribution in [0.1, 0.15) is 29.9 Å². The van der Waals surface area contributed by atoms with Gasteiger partial charge in [0.15, 0.2) is 5.69 Å². The predicted molar refractivity (Wildman–Crippen MR) is 123 cm³/mol. The standard InChI is InChI=1S/C23H25Cl2N3O3/c1-23(2,31-3)14-26-22(30)20-17(12-13-29)21(15-8-10-16(24)11-9-15)28(27-20)19-7-5-4-6-18(19)25/h4-11,29H,12-14H2,1-3H3,(H,26,30). The van der Waals surface area contributed by atoms with Crippen molar-refractivity contribution >= 4 is 29.1 Å². The third-order valence-electron chi connectivity index (χ3n) is 4.99. The van der Waals surface area contributed by atoms with Crippen LogP contribution in [0.2, 0.25) is 10.0 Å². The van der Waals surface area contributed by atoms with Crippen molar-refractivity contribution in [1.29, 1.82) is 0 Å². The van der Waals surface area contributed by atoms with Crippen LogP contribution in [0.3, 0.4) is 0 Å². The second-order valence-corrected chi connectivity index (χ2v) is 8.51. The number of aliphatic hydroxyl groups is 1. The fourth-order valence-electron chi connectivity index (χ4n) is 3.13. The Balaban J connectivity index is 2.18. The molecule has 0 aliphatic heterocycles. The van der Waals surface area contributed by atoms with E-state index in [1.54, 1.807) is 30.0 Å². The molecule has 0 fully saturated rings. The van der Waals surface area contributed by atoms with Crippen molar-refractivity contribution in [3.05, 3.63) is 69.8 Å². The molecule has 31 heavy (non-hydrogen) atoms. The summed E-state index contributed by atoms with van der Waals surface area (Å²) in [5, 5.41) is 18.3. The fourth-order valence-corrected chi connectivity index (χ4v) is 3.47. The highest BCUT2D eigenvalue weighted by Gasteiger charge is 2.26. The van der Waals surface area contributed by atoms with E-state index in [4.69, 9.17) is 27.9 Å². The molecule has 0 atom stereocenters. The Morgan fingerprint density at radius 3 is 2.45 bits per heavy atom. The number of benzene rings is 2. The van der Waals surface area contributed by atoms with Gasteiger partial charge in [0.05, 0.1) is 22.0 Å². The Morgan fingerprint density at radius 2 is 1.84 bits per heavy atom. The average molecular weight is 462 g/mol. The van der Waals surface area contributed by atoms with E-state index in [9.17, 15) is 9.90 Å². The summed E-state index contributed by atoms with van der Waals surface area (Å²) in [6, 6.07) is 14.5. The van der Waals surface area contributed by atoms with E-state index in [1.807, 2.05) is 44.2 Å². The number of methoxy groups -OCH3 is 1. The molecule has 0 radical (unpaired) electrons. The van der Waals surface area contributed by atoms with Gasteiger partial charge >= 0.3 is 0 Å². The second kappa shape index (κ2) is 9.83. The highest BCUT2D eigenvalue weighted by molar-refractivity contribution is 6.32. The lowest BCUT2D eigenvalue weighted by Gasteiger charge is -2.22. The van der Waals surface area contributed by atoms with E-state index in [-0.39, 0.29) is 24.6 Å². The molecule has 0 saturated heterocycles. The van der Waals surface area contributed by atoms with E-state index < -0.39 is 5.60 Å². The maximum absolute atomic E-state index is 13.1. The molecular formula is C23H25Cl2N3O3. The average Bonchev–Trinajstić information content (AvgIpc) is 3.12. The zero-order valence-corrected chi connectivity index (χ0v) is 19.2. The molecule has 0 spiro atoms. The molecule has 0 bridgehead atoms. The molecule has 0 aliphatic carbocycles. The molecule has 0 saturated carbocycles. The molecule has 1 aromatic heterocycles. The van der Waals surface area contributed by atoms with E-state index >= 15 is 0 Å². The Bertz CT molecular complexity index is 1060. The van der Waals surface area contributed by atoms with Gasteiger partial charge in [-0.25, -0.2) is 4.68 Å². The molecule has 8 heteroatoms. The summed E-state index contributed by atoms with van der Waals surface area (Å²) in [6.07, 6.45) is 0.249. The van der Waals surface area contributed by atoms with Gasteiger partial charge in [-0.2, -0.15) is 5.10 Å². The highest BCUT2D eigenvalue weighted by atomic mass is 35.5. The number of ether oxygens (including phenoxy) is 1. The Morgan fingerprint density at radius 1 is 1.16 bits per heavy atom. The van der Waals surface area contributed by atoms with Crippen LogP contribution >= 0.6 is 23.2 Å². The maximum Gasteiger partial charge on any atom is 0.272 e. The van der Waals surface area contributed by atoms with Gasteiger partial charge in [0.2, 0.25) is 0 Å². The number of aliphatic hydroxyl groups excluding tert-OH is 1. The Labute approximate surface area is 191 Å². The topological polar surface area (TPSA) is 76.4 Å². The van der Waals surface area contributed by atoms with Crippen molar-refractivity contribution in [3.63, 3.8) is 0 Å². The minimum absolute atomic E-state index is 0.140. The smallest absolute Gasteiger partial charge is 0.272 e. The van der Waals surface area contributed by atoms with Crippen molar-refractivity contribution in [1.82, 2.24) is 15.1 Å². The molecule has 164 valence electrons. The first-order chi connectivity index (χ1) is 14.8. The minimum Gasteiger partial charge on any atom is -0.396 e. The maximum atomic E-state index is 13.1. The summed E-state index contributed by atoms with van der Waals surface area (Å²) in [4.78, 5) is 13.1. The SMILES string of the molecule is COC(C)(C)CNC(=O)c1nn(-c2ccccc2Cl)c(-c2ccc(Cl)cc2)c1CCO. The van der Waals surface area contributed by atoms with Crippen LogP contribution in [-0.4, -0.2) is 46.7 Å². The van der Waals surface area contributed by atoms with Crippen LogP contribution in [-0.2, 0) is 11.2 Å². The number of nitrogens with zero attached hydrogens (tertiary/aromatic N) is 2. The molecular weight excluding hydrogens is 437 g/mol. The highest BCUT2D eigenvalue weighted by Crippen LogP contribution is 2.33. The van der Waals surface area contributed by atoms with Gasteiger partial charge in [0, 0.05) is 42.8 Å². The van der Waals surface area contributed by atoms with Crippen LogP contribution in [0.25, 0.3) is 16.9 Å². The first-order valence-corrected chi connectivity index (χ1v) is 10.6. The van der Waals surface area contributed by atoms with Crippen molar-refractivity contribution < 1.29 is 14.6 Å². The number of carbonyl (C=O) groups excluding carboxylic acids is 1. The van der Waals surface area contributed by atoms with E-state index in [0.717, 1.165) is 5.56 Å². The first-order valence-electron chi connectivity index (χ1n) is 9.84. The number of hydrogen-bond donors (Lipinski definition) is 2. The van der Waals surface area contributed by atoms with Crippen LogP contribution in [0.4, 0.5) is 0 Å². The number of amides is 1. The molecule has 6 nitrogen and oxygen atoms in total. The van der Waals surface area contributed by atoms with Crippen LogP contribution in [0.5, 0.6) is 0 Å². The van der Waals surface area contributed by atoms with E-state index in [1.165, 1.54) is 0 Å². The lowest BCUT2D eigenvalue weighted by molar-refractivity contribution is 0.0228. The lowest BCUT2D eigenvalue weighted by Crippen LogP contribution is -2.40. The van der Waals surface area contributed by atoms with Gasteiger partial charge in [-0.3, -0.25) is 4.79 Å². The van der Waals surface area contributed by atoms with Gasteiger partial charge in [-0.15, -0.1) is 0 Å². The van der Waals surface area contributed by atoms with Gasteiger partial charge < -0.3 is 15.2 Å². The third-order valence-corrected chi connectivity index (χ3v) is 5.56. The summed E-state index contributed by atoms with van der Waals surface area (Å²) in [7, 11) is 1.59.